The molecular weight excluding hydrogens is 361 g/mol. The van der Waals surface area contributed by atoms with Gasteiger partial charge in [0.2, 0.25) is 0 Å². The second-order valence-electron chi connectivity index (χ2n) is 7.39. The fourth-order valence-electron chi connectivity index (χ4n) is 4.01. The molecule has 2 saturated carbocycles. The molecule has 1 heterocycles. The van der Waals surface area contributed by atoms with E-state index >= 15 is 0 Å². The highest BCUT2D eigenvalue weighted by Gasteiger charge is 2.53. The topological polar surface area (TPSA) is 27.6 Å². The molecule has 2 unspecified atom stereocenters. The molecular formula is C16H30IN3. The molecule has 0 aromatic rings. The molecule has 4 heteroatoms. The third kappa shape index (κ3) is 3.60. The van der Waals surface area contributed by atoms with E-state index in [2.05, 4.69) is 29.1 Å². The minimum absolute atomic E-state index is 0. The van der Waals surface area contributed by atoms with Gasteiger partial charge < -0.3 is 10.2 Å². The highest BCUT2D eigenvalue weighted by atomic mass is 127. The number of piperidine rings is 1. The fourth-order valence-corrected chi connectivity index (χ4v) is 4.01. The van der Waals surface area contributed by atoms with Crippen molar-refractivity contribution in [3.05, 3.63) is 0 Å². The maximum absolute atomic E-state index is 4.52. The Balaban J connectivity index is 0.00000147. The minimum Gasteiger partial charge on any atom is -0.356 e. The normalized spacial score (nSPS) is 32.5. The van der Waals surface area contributed by atoms with Crippen molar-refractivity contribution in [2.75, 3.05) is 26.7 Å². The summed E-state index contributed by atoms with van der Waals surface area (Å²) in [5.41, 5.74) is 0.656. The summed E-state index contributed by atoms with van der Waals surface area (Å²) in [6, 6.07) is 0. The molecule has 0 bridgehead atoms. The molecule has 20 heavy (non-hydrogen) atoms. The third-order valence-corrected chi connectivity index (χ3v) is 5.31. The van der Waals surface area contributed by atoms with Crippen LogP contribution in [0.4, 0.5) is 0 Å². The van der Waals surface area contributed by atoms with Crippen LogP contribution in [0, 0.1) is 23.2 Å². The van der Waals surface area contributed by atoms with Crippen LogP contribution in [0.3, 0.4) is 0 Å². The summed E-state index contributed by atoms with van der Waals surface area (Å²) in [4.78, 5) is 7.00. The molecule has 1 saturated heterocycles. The molecule has 116 valence electrons. The first-order chi connectivity index (χ1) is 9.13. The van der Waals surface area contributed by atoms with Gasteiger partial charge in [-0.15, -0.1) is 24.0 Å². The van der Waals surface area contributed by atoms with E-state index in [0.717, 1.165) is 30.3 Å². The number of nitrogens with one attached hydrogen (secondary N) is 1. The van der Waals surface area contributed by atoms with Crippen molar-refractivity contribution in [2.45, 2.75) is 46.0 Å². The molecule has 3 nitrogen and oxygen atoms in total. The summed E-state index contributed by atoms with van der Waals surface area (Å²) in [6.45, 7) is 8.22. The first-order valence-corrected chi connectivity index (χ1v) is 8.08. The maximum atomic E-state index is 4.52. The Labute approximate surface area is 141 Å². The predicted octanol–water partition coefficient (Wildman–Crippen LogP) is 3.35. The molecule has 0 radical (unpaired) electrons. The quantitative estimate of drug-likeness (QED) is 0.454. The lowest BCUT2D eigenvalue weighted by Gasteiger charge is -2.37. The smallest absolute Gasteiger partial charge is 0.193 e. The summed E-state index contributed by atoms with van der Waals surface area (Å²) in [5, 5.41) is 3.68. The van der Waals surface area contributed by atoms with Crippen LogP contribution < -0.4 is 5.32 Å². The van der Waals surface area contributed by atoms with Crippen molar-refractivity contribution in [2.24, 2.45) is 28.2 Å². The number of hydrogen-bond donors (Lipinski definition) is 1. The predicted molar refractivity (Wildman–Crippen MR) is 95.7 cm³/mol. The number of likely N-dealkylation sites (tertiary alicyclic amines) is 1. The largest absolute Gasteiger partial charge is 0.356 e. The van der Waals surface area contributed by atoms with Crippen molar-refractivity contribution in [1.82, 2.24) is 10.2 Å². The van der Waals surface area contributed by atoms with Crippen molar-refractivity contribution >= 4 is 29.9 Å². The molecule has 2 atom stereocenters. The Morgan fingerprint density at radius 2 is 1.80 bits per heavy atom. The Kier molecular flexibility index (Phi) is 5.24. The van der Waals surface area contributed by atoms with Crippen LogP contribution in [0.5, 0.6) is 0 Å². The van der Waals surface area contributed by atoms with E-state index in [-0.39, 0.29) is 24.0 Å². The number of halogens is 1. The zero-order chi connectivity index (χ0) is 13.5. The van der Waals surface area contributed by atoms with Gasteiger partial charge in [-0.25, -0.2) is 0 Å². The Morgan fingerprint density at radius 3 is 2.25 bits per heavy atom. The highest BCUT2D eigenvalue weighted by Crippen LogP contribution is 2.60. The monoisotopic (exact) mass is 391 g/mol. The summed E-state index contributed by atoms with van der Waals surface area (Å²) < 4.78 is 0. The zero-order valence-corrected chi connectivity index (χ0v) is 15.5. The average molecular weight is 391 g/mol. The third-order valence-electron chi connectivity index (χ3n) is 5.31. The lowest BCUT2D eigenvalue weighted by atomic mass is 9.92. The van der Waals surface area contributed by atoms with Crippen LogP contribution in [-0.2, 0) is 0 Å². The molecule has 1 N–H and O–H groups in total. The molecule has 3 fully saturated rings. The molecule has 3 rings (SSSR count). The Morgan fingerprint density at radius 1 is 1.20 bits per heavy atom. The van der Waals surface area contributed by atoms with Gasteiger partial charge in [0, 0.05) is 26.7 Å². The Hall–Kier alpha value is 0. The molecule has 0 aromatic heterocycles. The summed E-state index contributed by atoms with van der Waals surface area (Å²) in [5.74, 6) is 3.75. The van der Waals surface area contributed by atoms with E-state index in [0.29, 0.717) is 5.41 Å². The fraction of sp³-hybridized carbons (Fsp3) is 0.938. The molecule has 1 aliphatic heterocycles. The summed E-state index contributed by atoms with van der Waals surface area (Å²) in [7, 11) is 1.93. The number of rotatable bonds is 3. The zero-order valence-electron chi connectivity index (χ0n) is 13.2. The number of hydrogen-bond acceptors (Lipinski definition) is 1. The maximum Gasteiger partial charge on any atom is 0.193 e. The lowest BCUT2D eigenvalue weighted by molar-refractivity contribution is 0.207. The van der Waals surface area contributed by atoms with Crippen LogP contribution in [0.2, 0.25) is 0 Å². The second kappa shape index (κ2) is 6.41. The average Bonchev–Trinajstić information content (AvgIpc) is 3.23. The first-order valence-electron chi connectivity index (χ1n) is 8.08. The van der Waals surface area contributed by atoms with E-state index in [1.54, 1.807) is 0 Å². The van der Waals surface area contributed by atoms with Crippen molar-refractivity contribution in [3.63, 3.8) is 0 Å². The molecule has 3 aliphatic rings. The van der Waals surface area contributed by atoms with E-state index < -0.39 is 0 Å². The van der Waals surface area contributed by atoms with Gasteiger partial charge in [-0.2, -0.15) is 0 Å². The molecule has 0 spiro atoms. The van der Waals surface area contributed by atoms with Gasteiger partial charge in [-0.05, 0) is 55.3 Å². The van der Waals surface area contributed by atoms with Crippen molar-refractivity contribution in [1.29, 1.82) is 0 Å². The van der Waals surface area contributed by atoms with E-state index in [4.69, 9.17) is 0 Å². The highest BCUT2D eigenvalue weighted by molar-refractivity contribution is 14.0. The SMILES string of the molecule is CN=C(NCC1(C2CC2)CC1)N1CC(C)CC(C)C1.I. The van der Waals surface area contributed by atoms with Crippen LogP contribution in [0.15, 0.2) is 4.99 Å². The van der Waals surface area contributed by atoms with E-state index in [9.17, 15) is 0 Å². The van der Waals surface area contributed by atoms with Crippen LogP contribution in [0.25, 0.3) is 0 Å². The second-order valence-corrected chi connectivity index (χ2v) is 7.39. The number of guanidine groups is 1. The van der Waals surface area contributed by atoms with E-state index in [1.165, 1.54) is 45.2 Å². The van der Waals surface area contributed by atoms with Gasteiger partial charge >= 0.3 is 0 Å². The lowest BCUT2D eigenvalue weighted by Crippen LogP contribution is -2.49. The summed E-state index contributed by atoms with van der Waals surface area (Å²) >= 11 is 0. The van der Waals surface area contributed by atoms with Gasteiger partial charge in [-0.3, -0.25) is 4.99 Å². The van der Waals surface area contributed by atoms with Gasteiger partial charge in [0.25, 0.3) is 0 Å². The van der Waals surface area contributed by atoms with Crippen LogP contribution in [-0.4, -0.2) is 37.5 Å². The Bertz CT molecular complexity index is 351. The minimum atomic E-state index is 0. The van der Waals surface area contributed by atoms with Gasteiger partial charge in [0.05, 0.1) is 0 Å². The number of aliphatic imine (C=N–C) groups is 1. The van der Waals surface area contributed by atoms with Gasteiger partial charge in [0.1, 0.15) is 0 Å². The first kappa shape index (κ1) is 16.4. The number of nitrogens with zero attached hydrogens (tertiary/aromatic N) is 2. The molecule has 0 amide bonds. The van der Waals surface area contributed by atoms with Crippen molar-refractivity contribution in [3.8, 4) is 0 Å². The molecule has 0 aromatic carbocycles. The standard InChI is InChI=1S/C16H29N3.HI/c1-12-8-13(2)10-19(9-12)15(17-3)18-11-16(6-7-16)14-4-5-14;/h12-14H,4-11H2,1-3H3,(H,17,18);1H. The van der Waals surface area contributed by atoms with Gasteiger partial charge in [-0.1, -0.05) is 13.8 Å². The van der Waals surface area contributed by atoms with Crippen molar-refractivity contribution < 1.29 is 0 Å². The molecule has 2 aliphatic carbocycles. The summed E-state index contributed by atoms with van der Waals surface area (Å²) in [6.07, 6.45) is 7.18. The van der Waals surface area contributed by atoms with Crippen LogP contribution >= 0.6 is 24.0 Å². The van der Waals surface area contributed by atoms with Gasteiger partial charge in [0.15, 0.2) is 5.96 Å². The van der Waals surface area contributed by atoms with E-state index in [1.807, 2.05) is 7.05 Å². The van der Waals surface area contributed by atoms with Crippen LogP contribution in [0.1, 0.15) is 46.0 Å².